The van der Waals surface area contributed by atoms with Crippen molar-refractivity contribution in [2.75, 3.05) is 0 Å². The maximum Gasteiger partial charge on any atom is 0.290 e. The van der Waals surface area contributed by atoms with Gasteiger partial charge in [0.25, 0.3) is 10.1 Å². The molecule has 86 valence electrons. The molecular weight excluding hydrogens is 226 g/mol. The Balaban J connectivity index is 2.46. The van der Waals surface area contributed by atoms with Crippen molar-refractivity contribution in [3.63, 3.8) is 0 Å². The van der Waals surface area contributed by atoms with Gasteiger partial charge in [0.15, 0.2) is 0 Å². The summed E-state index contributed by atoms with van der Waals surface area (Å²) in [6, 6.07) is 0. The molecule has 0 bridgehead atoms. The zero-order valence-electron chi connectivity index (χ0n) is 9.14. The van der Waals surface area contributed by atoms with Gasteiger partial charge in [-0.05, 0) is 17.7 Å². The third-order valence-electron chi connectivity index (χ3n) is 2.76. The van der Waals surface area contributed by atoms with E-state index in [4.69, 9.17) is 4.55 Å². The predicted octanol–water partition coefficient (Wildman–Crippen LogP) is 2.08. The Bertz CT molecular complexity index is 548. The van der Waals surface area contributed by atoms with Crippen molar-refractivity contribution in [3.05, 3.63) is 34.4 Å². The van der Waals surface area contributed by atoms with E-state index in [0.717, 1.165) is 11.3 Å². The van der Waals surface area contributed by atoms with Crippen LogP contribution < -0.4 is 0 Å². The average Bonchev–Trinajstić information content (AvgIpc) is 2.37. The Labute approximate surface area is 94.8 Å². The number of hydrogen-bond donors (Lipinski definition) is 1. The van der Waals surface area contributed by atoms with Crippen LogP contribution in [0.5, 0.6) is 0 Å². The number of fused-ring (bicyclic) bond motifs is 1. The Morgan fingerprint density at radius 1 is 1.38 bits per heavy atom. The van der Waals surface area contributed by atoms with Gasteiger partial charge in [0.2, 0.25) is 0 Å². The van der Waals surface area contributed by atoms with E-state index >= 15 is 0 Å². The fourth-order valence-electron chi connectivity index (χ4n) is 1.83. The second-order valence-electron chi connectivity index (χ2n) is 4.46. The van der Waals surface area contributed by atoms with Gasteiger partial charge in [0, 0.05) is 18.1 Å². The summed E-state index contributed by atoms with van der Waals surface area (Å²) < 4.78 is 31.0. The second-order valence-corrected chi connectivity index (χ2v) is 5.94. The highest BCUT2D eigenvalue weighted by molar-refractivity contribution is 7.89. The van der Waals surface area contributed by atoms with Crippen LogP contribution >= 0.6 is 0 Å². The van der Waals surface area contributed by atoms with Crippen LogP contribution in [0, 0.1) is 5.41 Å². The first-order valence-corrected chi connectivity index (χ1v) is 6.39. The Morgan fingerprint density at radius 2 is 2.06 bits per heavy atom. The monoisotopic (exact) mass is 239 g/mol. The first kappa shape index (κ1) is 11.3. The normalized spacial score (nSPS) is 23.1. The van der Waals surface area contributed by atoms with Gasteiger partial charge in [-0.25, -0.2) is 0 Å². The summed E-state index contributed by atoms with van der Waals surface area (Å²) >= 11 is 0. The second kappa shape index (κ2) is 3.40. The van der Waals surface area contributed by atoms with Gasteiger partial charge in [0.05, 0.1) is 10.6 Å². The first-order chi connectivity index (χ1) is 7.31. The molecule has 0 amide bonds. The van der Waals surface area contributed by atoms with Gasteiger partial charge in [-0.2, -0.15) is 8.42 Å². The average molecular weight is 239 g/mol. The molecule has 1 aliphatic carbocycles. The van der Waals surface area contributed by atoms with E-state index in [1.165, 1.54) is 6.08 Å². The maximum absolute atomic E-state index is 11.0. The molecule has 4 nitrogen and oxygen atoms in total. The van der Waals surface area contributed by atoms with Gasteiger partial charge in [0.1, 0.15) is 0 Å². The largest absolute Gasteiger partial charge is 0.290 e. The van der Waals surface area contributed by atoms with E-state index in [9.17, 15) is 8.42 Å². The van der Waals surface area contributed by atoms with Gasteiger partial charge < -0.3 is 0 Å². The Kier molecular flexibility index (Phi) is 2.40. The Hall–Kier alpha value is -1.20. The SMILES string of the molecule is CC1(C)C=NC2=CC=C(S(=O)(=O)O)CC=C21. The van der Waals surface area contributed by atoms with Crippen molar-refractivity contribution in [2.24, 2.45) is 10.4 Å². The van der Waals surface area contributed by atoms with E-state index in [1.54, 1.807) is 6.08 Å². The van der Waals surface area contributed by atoms with Crippen LogP contribution in [-0.2, 0) is 10.1 Å². The van der Waals surface area contributed by atoms with Crippen LogP contribution in [0.15, 0.2) is 39.4 Å². The molecule has 0 spiro atoms. The molecule has 1 heterocycles. The summed E-state index contributed by atoms with van der Waals surface area (Å²) in [5, 5.41) is 0. The number of aliphatic imine (C=N–C) groups is 1. The minimum Gasteiger partial charge on any atom is -0.282 e. The molecule has 1 aliphatic heterocycles. The molecule has 0 aromatic heterocycles. The lowest BCUT2D eigenvalue weighted by Crippen LogP contribution is -2.11. The summed E-state index contributed by atoms with van der Waals surface area (Å²) in [6.07, 6.45) is 6.91. The topological polar surface area (TPSA) is 66.7 Å². The highest BCUT2D eigenvalue weighted by Crippen LogP contribution is 2.38. The molecule has 2 aliphatic rings. The zero-order valence-corrected chi connectivity index (χ0v) is 9.95. The minimum absolute atomic E-state index is 0.00731. The van der Waals surface area contributed by atoms with Crippen molar-refractivity contribution in [1.29, 1.82) is 0 Å². The summed E-state index contributed by atoms with van der Waals surface area (Å²) in [5.74, 6) is 0. The zero-order chi connectivity index (χ0) is 12.0. The fourth-order valence-corrected chi connectivity index (χ4v) is 2.37. The molecule has 0 fully saturated rings. The minimum atomic E-state index is -4.10. The van der Waals surface area contributed by atoms with Gasteiger partial charge in [-0.1, -0.05) is 19.9 Å². The molecule has 5 heteroatoms. The lowest BCUT2D eigenvalue weighted by atomic mass is 9.86. The molecular formula is C11H13NO3S. The first-order valence-electron chi connectivity index (χ1n) is 4.95. The number of hydrogen-bond acceptors (Lipinski definition) is 3. The third-order valence-corrected chi connectivity index (χ3v) is 3.73. The van der Waals surface area contributed by atoms with E-state index in [2.05, 4.69) is 4.99 Å². The highest BCUT2D eigenvalue weighted by Gasteiger charge is 2.30. The molecule has 1 N–H and O–H groups in total. The predicted molar refractivity (Wildman–Crippen MR) is 62.7 cm³/mol. The molecule has 0 aromatic rings. The summed E-state index contributed by atoms with van der Waals surface area (Å²) in [5.41, 5.74) is 1.60. The molecule has 0 saturated heterocycles. The van der Waals surface area contributed by atoms with E-state index in [0.29, 0.717) is 0 Å². The van der Waals surface area contributed by atoms with Crippen molar-refractivity contribution < 1.29 is 13.0 Å². The van der Waals surface area contributed by atoms with Crippen LogP contribution in [0.25, 0.3) is 0 Å². The lowest BCUT2D eigenvalue weighted by Gasteiger charge is -2.16. The van der Waals surface area contributed by atoms with Crippen molar-refractivity contribution in [1.82, 2.24) is 0 Å². The van der Waals surface area contributed by atoms with Gasteiger partial charge in [-0.15, -0.1) is 0 Å². The molecule has 2 rings (SSSR count). The van der Waals surface area contributed by atoms with Gasteiger partial charge in [-0.3, -0.25) is 9.55 Å². The fraction of sp³-hybridized carbons (Fsp3) is 0.364. The summed E-state index contributed by atoms with van der Waals surface area (Å²) in [4.78, 5) is 4.24. The quantitative estimate of drug-likeness (QED) is 0.712. The molecule has 0 saturated carbocycles. The smallest absolute Gasteiger partial charge is 0.282 e. The van der Waals surface area contributed by atoms with Crippen LogP contribution in [0.1, 0.15) is 20.3 Å². The number of rotatable bonds is 1. The lowest BCUT2D eigenvalue weighted by molar-refractivity contribution is 0.490. The Morgan fingerprint density at radius 3 is 2.69 bits per heavy atom. The third kappa shape index (κ3) is 1.88. The van der Waals surface area contributed by atoms with E-state index < -0.39 is 10.1 Å². The van der Waals surface area contributed by atoms with Gasteiger partial charge >= 0.3 is 0 Å². The molecule has 0 aromatic carbocycles. The molecule has 0 radical (unpaired) electrons. The standard InChI is InChI=1S/C11H13NO3S/c1-11(2)7-12-10-6-4-8(16(13,14)15)3-5-9(10)11/h4-7H,3H2,1-2H3,(H,13,14,15). The van der Waals surface area contributed by atoms with Crippen molar-refractivity contribution in [3.8, 4) is 0 Å². The van der Waals surface area contributed by atoms with Crippen molar-refractivity contribution in [2.45, 2.75) is 20.3 Å². The van der Waals surface area contributed by atoms with Crippen molar-refractivity contribution >= 4 is 16.3 Å². The summed E-state index contributed by atoms with van der Waals surface area (Å²) in [6.45, 7) is 4.03. The molecule has 16 heavy (non-hydrogen) atoms. The maximum atomic E-state index is 11.0. The number of allylic oxidation sites excluding steroid dienone is 5. The van der Waals surface area contributed by atoms with E-state index in [1.807, 2.05) is 26.1 Å². The summed E-state index contributed by atoms with van der Waals surface area (Å²) in [7, 11) is -4.10. The van der Waals surface area contributed by atoms with Crippen LogP contribution in [-0.4, -0.2) is 19.2 Å². The van der Waals surface area contributed by atoms with Crippen LogP contribution in [0.2, 0.25) is 0 Å². The molecule has 0 unspecified atom stereocenters. The van der Waals surface area contributed by atoms with Crippen LogP contribution in [0.4, 0.5) is 0 Å². The van der Waals surface area contributed by atoms with Crippen LogP contribution in [0.3, 0.4) is 0 Å². The molecule has 0 atom stereocenters. The highest BCUT2D eigenvalue weighted by atomic mass is 32.2. The number of nitrogens with zero attached hydrogens (tertiary/aromatic N) is 1. The van der Waals surface area contributed by atoms with E-state index in [-0.39, 0.29) is 16.7 Å².